The zero-order valence-corrected chi connectivity index (χ0v) is 13.3. The molecule has 0 fully saturated rings. The number of benzene rings is 1. The van der Waals surface area contributed by atoms with Gasteiger partial charge in [0.1, 0.15) is 12.4 Å². The van der Waals surface area contributed by atoms with E-state index in [2.05, 4.69) is 18.8 Å². The third-order valence-electron chi connectivity index (χ3n) is 2.86. The molecule has 0 bridgehead atoms. The summed E-state index contributed by atoms with van der Waals surface area (Å²) in [6, 6.07) is 5.26. The van der Waals surface area contributed by atoms with Crippen LogP contribution in [0.1, 0.15) is 49.1 Å². The van der Waals surface area contributed by atoms with Gasteiger partial charge in [0.25, 0.3) is 0 Å². The highest BCUT2D eigenvalue weighted by molar-refractivity contribution is 7.09. The molecule has 1 aromatic carbocycles. The molecule has 20 heavy (non-hydrogen) atoms. The number of aliphatic hydroxyl groups excluding tert-OH is 1. The first-order valence-corrected chi connectivity index (χ1v) is 7.77. The number of ether oxygens (including phenoxy) is 1. The van der Waals surface area contributed by atoms with Crippen LogP contribution in [0.25, 0.3) is 0 Å². The minimum absolute atomic E-state index is 0.393. The SMILES string of the molecule is CC(C)c1nc(COc2ccc(Cl)cc2C(C)O)cs1. The Labute approximate surface area is 128 Å². The van der Waals surface area contributed by atoms with Gasteiger partial charge in [-0.05, 0) is 25.1 Å². The van der Waals surface area contributed by atoms with E-state index in [0.717, 1.165) is 10.7 Å². The second-order valence-electron chi connectivity index (χ2n) is 4.98. The summed E-state index contributed by atoms with van der Waals surface area (Å²) in [5, 5.41) is 13.5. The topological polar surface area (TPSA) is 42.4 Å². The quantitative estimate of drug-likeness (QED) is 0.880. The van der Waals surface area contributed by atoms with Gasteiger partial charge in [-0.25, -0.2) is 4.98 Å². The van der Waals surface area contributed by atoms with Gasteiger partial charge in [-0.3, -0.25) is 0 Å². The smallest absolute Gasteiger partial charge is 0.131 e. The van der Waals surface area contributed by atoms with Gasteiger partial charge in [-0.2, -0.15) is 0 Å². The minimum atomic E-state index is -0.620. The third-order valence-corrected chi connectivity index (χ3v) is 4.29. The summed E-state index contributed by atoms with van der Waals surface area (Å²) in [6.07, 6.45) is -0.620. The lowest BCUT2D eigenvalue weighted by Gasteiger charge is -2.13. The van der Waals surface area contributed by atoms with Gasteiger partial charge in [0, 0.05) is 21.9 Å². The highest BCUT2D eigenvalue weighted by Gasteiger charge is 2.11. The predicted octanol–water partition coefficient (Wildman–Crippen LogP) is 4.55. The van der Waals surface area contributed by atoms with Crippen LogP contribution in [-0.2, 0) is 6.61 Å². The van der Waals surface area contributed by atoms with Crippen LogP contribution in [0.2, 0.25) is 5.02 Å². The van der Waals surface area contributed by atoms with E-state index in [1.54, 1.807) is 36.5 Å². The number of rotatable bonds is 5. The molecule has 0 amide bonds. The first kappa shape index (κ1) is 15.3. The molecule has 5 heteroatoms. The molecule has 1 aromatic heterocycles. The zero-order chi connectivity index (χ0) is 14.7. The Morgan fingerprint density at radius 2 is 2.10 bits per heavy atom. The van der Waals surface area contributed by atoms with Crippen molar-refractivity contribution in [1.82, 2.24) is 4.98 Å². The average Bonchev–Trinajstić information content (AvgIpc) is 2.86. The van der Waals surface area contributed by atoms with E-state index in [1.807, 2.05) is 5.38 Å². The van der Waals surface area contributed by atoms with E-state index < -0.39 is 6.10 Å². The van der Waals surface area contributed by atoms with E-state index >= 15 is 0 Å². The van der Waals surface area contributed by atoms with Crippen LogP contribution in [0.15, 0.2) is 23.6 Å². The molecule has 1 heterocycles. The molecule has 0 saturated carbocycles. The molecular formula is C15H18ClNO2S. The largest absolute Gasteiger partial charge is 0.487 e. The van der Waals surface area contributed by atoms with E-state index in [9.17, 15) is 5.11 Å². The van der Waals surface area contributed by atoms with Gasteiger partial charge in [-0.15, -0.1) is 11.3 Å². The zero-order valence-electron chi connectivity index (χ0n) is 11.8. The molecule has 1 atom stereocenters. The molecule has 0 aliphatic heterocycles. The van der Waals surface area contributed by atoms with Gasteiger partial charge in [0.2, 0.25) is 0 Å². The molecule has 0 spiro atoms. The van der Waals surface area contributed by atoms with E-state index in [4.69, 9.17) is 16.3 Å². The third kappa shape index (κ3) is 3.72. The molecule has 3 nitrogen and oxygen atoms in total. The second kappa shape index (κ2) is 6.57. The van der Waals surface area contributed by atoms with Crippen LogP contribution >= 0.6 is 22.9 Å². The fraction of sp³-hybridized carbons (Fsp3) is 0.400. The summed E-state index contributed by atoms with van der Waals surface area (Å²) >= 11 is 7.58. The number of aliphatic hydroxyl groups is 1. The van der Waals surface area contributed by atoms with Crippen LogP contribution in [0.5, 0.6) is 5.75 Å². The summed E-state index contributed by atoms with van der Waals surface area (Å²) in [5.41, 5.74) is 1.60. The van der Waals surface area contributed by atoms with Crippen molar-refractivity contribution in [2.75, 3.05) is 0 Å². The molecule has 1 unspecified atom stereocenters. The van der Waals surface area contributed by atoms with Crippen molar-refractivity contribution in [2.24, 2.45) is 0 Å². The predicted molar refractivity (Wildman–Crippen MR) is 82.6 cm³/mol. The molecule has 2 aromatic rings. The second-order valence-corrected chi connectivity index (χ2v) is 6.30. The number of hydrogen-bond acceptors (Lipinski definition) is 4. The molecule has 0 saturated heterocycles. The lowest BCUT2D eigenvalue weighted by Crippen LogP contribution is -2.01. The first-order chi connectivity index (χ1) is 9.47. The maximum absolute atomic E-state index is 9.75. The van der Waals surface area contributed by atoms with Crippen LogP contribution in [-0.4, -0.2) is 10.1 Å². The highest BCUT2D eigenvalue weighted by Crippen LogP contribution is 2.29. The maximum atomic E-state index is 9.75. The van der Waals surface area contributed by atoms with Crippen molar-refractivity contribution >= 4 is 22.9 Å². The summed E-state index contributed by atoms with van der Waals surface area (Å²) < 4.78 is 5.76. The Balaban J connectivity index is 2.10. The normalized spacial score (nSPS) is 12.7. The number of halogens is 1. The molecule has 0 aliphatic rings. The standard InChI is InChI=1S/C15H18ClNO2S/c1-9(2)15-17-12(8-20-15)7-19-14-5-4-11(16)6-13(14)10(3)18/h4-6,8-10,18H,7H2,1-3H3. The monoisotopic (exact) mass is 311 g/mol. The number of nitrogens with zero attached hydrogens (tertiary/aromatic N) is 1. The highest BCUT2D eigenvalue weighted by atomic mass is 35.5. The lowest BCUT2D eigenvalue weighted by atomic mass is 10.1. The van der Waals surface area contributed by atoms with Gasteiger partial charge in [0.05, 0.1) is 16.8 Å². The Kier molecular flexibility index (Phi) is 5.02. The molecule has 108 valence electrons. The van der Waals surface area contributed by atoms with Crippen molar-refractivity contribution in [2.45, 2.75) is 39.4 Å². The van der Waals surface area contributed by atoms with Gasteiger partial charge < -0.3 is 9.84 Å². The number of thiazole rings is 1. The Morgan fingerprint density at radius 3 is 2.70 bits per heavy atom. The van der Waals surface area contributed by atoms with Crippen LogP contribution in [0.4, 0.5) is 0 Å². The number of hydrogen-bond donors (Lipinski definition) is 1. The molecule has 1 N–H and O–H groups in total. The fourth-order valence-corrected chi connectivity index (χ4v) is 2.78. The van der Waals surface area contributed by atoms with E-state index in [1.165, 1.54) is 0 Å². The fourth-order valence-electron chi connectivity index (χ4n) is 1.78. The van der Waals surface area contributed by atoms with Gasteiger partial charge in [0.15, 0.2) is 0 Å². The van der Waals surface area contributed by atoms with Crippen molar-refractivity contribution in [3.8, 4) is 5.75 Å². The van der Waals surface area contributed by atoms with Gasteiger partial charge in [-0.1, -0.05) is 25.4 Å². The summed E-state index contributed by atoms with van der Waals surface area (Å²) in [4.78, 5) is 4.52. The Bertz CT molecular complexity index is 581. The Hall–Kier alpha value is -1.10. The lowest BCUT2D eigenvalue weighted by molar-refractivity contribution is 0.190. The molecule has 0 aliphatic carbocycles. The first-order valence-electron chi connectivity index (χ1n) is 6.52. The maximum Gasteiger partial charge on any atom is 0.131 e. The van der Waals surface area contributed by atoms with Crippen LogP contribution in [0, 0.1) is 0 Å². The molecule has 2 rings (SSSR count). The van der Waals surface area contributed by atoms with Crippen molar-refractivity contribution < 1.29 is 9.84 Å². The molecule has 0 radical (unpaired) electrons. The van der Waals surface area contributed by atoms with Crippen molar-refractivity contribution in [3.05, 3.63) is 44.9 Å². The molecular weight excluding hydrogens is 294 g/mol. The average molecular weight is 312 g/mol. The minimum Gasteiger partial charge on any atom is -0.487 e. The summed E-state index contributed by atoms with van der Waals surface area (Å²) in [7, 11) is 0. The van der Waals surface area contributed by atoms with Gasteiger partial charge >= 0.3 is 0 Å². The van der Waals surface area contributed by atoms with Crippen LogP contribution < -0.4 is 4.74 Å². The Morgan fingerprint density at radius 1 is 1.35 bits per heavy atom. The van der Waals surface area contributed by atoms with E-state index in [-0.39, 0.29) is 0 Å². The van der Waals surface area contributed by atoms with Crippen molar-refractivity contribution in [1.29, 1.82) is 0 Å². The van der Waals surface area contributed by atoms with Crippen LogP contribution in [0.3, 0.4) is 0 Å². The van der Waals surface area contributed by atoms with Crippen molar-refractivity contribution in [3.63, 3.8) is 0 Å². The van der Waals surface area contributed by atoms with E-state index in [0.29, 0.717) is 28.9 Å². The summed E-state index contributed by atoms with van der Waals surface area (Å²) in [6.45, 7) is 6.32. The number of aromatic nitrogens is 1. The summed E-state index contributed by atoms with van der Waals surface area (Å²) in [5.74, 6) is 1.07.